The molecular weight excluding hydrogens is 140 g/mol. The highest BCUT2D eigenvalue weighted by molar-refractivity contribution is 6.19. The molecule has 0 N–H and O–H groups in total. The Hall–Kier alpha value is -1.18. The van der Waals surface area contributed by atoms with E-state index in [9.17, 15) is 9.59 Å². The first kappa shape index (κ1) is 7.92. The average Bonchev–Trinajstić information content (AvgIpc) is 1.99. The van der Waals surface area contributed by atoms with Crippen molar-refractivity contribution in [3.63, 3.8) is 0 Å². The van der Waals surface area contributed by atoms with Gasteiger partial charge in [0, 0.05) is 11.1 Å². The Morgan fingerprint density at radius 2 is 1.73 bits per heavy atom. The summed E-state index contributed by atoms with van der Waals surface area (Å²) >= 11 is 0. The van der Waals surface area contributed by atoms with Crippen LogP contribution in [0.25, 0.3) is 0 Å². The fourth-order valence-electron chi connectivity index (χ4n) is 1.15. The summed E-state index contributed by atoms with van der Waals surface area (Å²) in [6, 6.07) is 0. The summed E-state index contributed by atoms with van der Waals surface area (Å²) in [5.74, 6) is -0.0638. The van der Waals surface area contributed by atoms with Crippen LogP contribution in [0.2, 0.25) is 0 Å². The zero-order chi connectivity index (χ0) is 8.43. The molecule has 1 rings (SSSR count). The average molecular weight is 150 g/mol. The second-order valence-corrected chi connectivity index (χ2v) is 2.52. The number of hydrogen-bond acceptors (Lipinski definition) is 2. The predicted octanol–water partition coefficient (Wildman–Crippen LogP) is 1.42. The molecule has 58 valence electrons. The molecule has 0 aliphatic heterocycles. The summed E-state index contributed by atoms with van der Waals surface area (Å²) in [4.78, 5) is 22.1. The fraction of sp³-hybridized carbons (Fsp3) is 0.333. The fourth-order valence-corrected chi connectivity index (χ4v) is 1.15. The molecule has 0 aromatic carbocycles. The third kappa shape index (κ3) is 1.29. The number of allylic oxidation sites excluding steroid dienone is 4. The summed E-state index contributed by atoms with van der Waals surface area (Å²) < 4.78 is 0. The largest absolute Gasteiger partial charge is 0.290 e. The molecule has 11 heavy (non-hydrogen) atoms. The van der Waals surface area contributed by atoms with Gasteiger partial charge < -0.3 is 0 Å². The Labute approximate surface area is 65.6 Å². The lowest BCUT2D eigenvalue weighted by Gasteiger charge is -2.08. The van der Waals surface area contributed by atoms with Crippen LogP contribution in [0.4, 0.5) is 0 Å². The summed E-state index contributed by atoms with van der Waals surface area (Å²) in [5.41, 5.74) is 1.25. The third-order valence-electron chi connectivity index (χ3n) is 1.86. The van der Waals surface area contributed by atoms with Gasteiger partial charge in [-0.05, 0) is 25.5 Å². The highest BCUT2D eigenvalue weighted by Gasteiger charge is 2.16. The molecule has 0 unspecified atom stereocenters. The Bertz CT molecular complexity index is 269. The highest BCUT2D eigenvalue weighted by Crippen LogP contribution is 2.15. The summed E-state index contributed by atoms with van der Waals surface area (Å²) in [6.07, 6.45) is 3.31. The molecule has 0 heterocycles. The number of carbonyl (C=O) groups excluding carboxylic acids is 2. The molecule has 0 amide bonds. The molecule has 1 aliphatic rings. The van der Waals surface area contributed by atoms with E-state index in [0.717, 1.165) is 0 Å². The summed E-state index contributed by atoms with van der Waals surface area (Å²) in [7, 11) is 0. The van der Waals surface area contributed by atoms with Gasteiger partial charge in [0.15, 0.2) is 11.6 Å². The summed E-state index contributed by atoms with van der Waals surface area (Å²) in [5, 5.41) is 0. The van der Waals surface area contributed by atoms with Gasteiger partial charge >= 0.3 is 0 Å². The number of carbonyl (C=O) groups is 2. The lowest BCUT2D eigenvalue weighted by Crippen LogP contribution is -2.11. The summed E-state index contributed by atoms with van der Waals surface area (Å²) in [6.45, 7) is 3.58. The van der Waals surface area contributed by atoms with Gasteiger partial charge in [-0.15, -0.1) is 0 Å². The van der Waals surface area contributed by atoms with Crippen LogP contribution in [0.5, 0.6) is 0 Å². The van der Waals surface area contributed by atoms with E-state index in [0.29, 0.717) is 17.6 Å². The van der Waals surface area contributed by atoms with Crippen LogP contribution >= 0.6 is 0 Å². The smallest absolute Gasteiger partial charge is 0.182 e. The van der Waals surface area contributed by atoms with Crippen LogP contribution < -0.4 is 0 Å². The van der Waals surface area contributed by atoms with Crippen molar-refractivity contribution < 1.29 is 9.59 Å². The first-order valence-electron chi connectivity index (χ1n) is 3.63. The number of rotatable bonds is 1. The van der Waals surface area contributed by atoms with E-state index in [1.54, 1.807) is 6.92 Å². The van der Waals surface area contributed by atoms with E-state index in [-0.39, 0.29) is 11.6 Å². The normalized spacial score (nSPS) is 18.0. The maximum Gasteiger partial charge on any atom is 0.182 e. The van der Waals surface area contributed by atoms with E-state index in [4.69, 9.17) is 0 Å². The van der Waals surface area contributed by atoms with Crippen molar-refractivity contribution in [2.75, 3.05) is 0 Å². The van der Waals surface area contributed by atoms with Gasteiger partial charge in [-0.2, -0.15) is 0 Å². The Balaban J connectivity index is 3.09. The van der Waals surface area contributed by atoms with Crippen molar-refractivity contribution in [1.82, 2.24) is 0 Å². The zero-order valence-electron chi connectivity index (χ0n) is 6.68. The molecule has 0 radical (unpaired) electrons. The van der Waals surface area contributed by atoms with Crippen molar-refractivity contribution in [2.24, 2.45) is 0 Å². The second-order valence-electron chi connectivity index (χ2n) is 2.52. The van der Waals surface area contributed by atoms with Crippen molar-refractivity contribution in [3.05, 3.63) is 23.3 Å². The Kier molecular flexibility index (Phi) is 2.03. The maximum absolute atomic E-state index is 11.1. The minimum atomic E-state index is -0.0403. The standard InChI is InChI=1S/C9H10O2/c1-3-7-6(2)8(10)4-5-9(7)11/h4-5H,3H2,1-2H3. The van der Waals surface area contributed by atoms with Crippen LogP contribution in [0, 0.1) is 0 Å². The van der Waals surface area contributed by atoms with E-state index < -0.39 is 0 Å². The van der Waals surface area contributed by atoms with Gasteiger partial charge in [-0.1, -0.05) is 6.92 Å². The SMILES string of the molecule is CCC1=C(C)C(=O)C=CC1=O. The van der Waals surface area contributed by atoms with Crippen molar-refractivity contribution in [2.45, 2.75) is 20.3 Å². The molecule has 0 spiro atoms. The van der Waals surface area contributed by atoms with Gasteiger partial charge in [0.25, 0.3) is 0 Å². The molecular formula is C9H10O2. The van der Waals surface area contributed by atoms with Gasteiger partial charge in [0.05, 0.1) is 0 Å². The molecule has 0 aromatic heterocycles. The van der Waals surface area contributed by atoms with E-state index in [1.807, 2.05) is 6.92 Å². The Morgan fingerprint density at radius 1 is 1.18 bits per heavy atom. The van der Waals surface area contributed by atoms with Gasteiger partial charge in [0.1, 0.15) is 0 Å². The molecule has 0 fully saturated rings. The minimum absolute atomic E-state index is 0.0235. The first-order valence-corrected chi connectivity index (χ1v) is 3.63. The monoisotopic (exact) mass is 150 g/mol. The predicted molar refractivity (Wildman–Crippen MR) is 42.1 cm³/mol. The van der Waals surface area contributed by atoms with Gasteiger partial charge in [0.2, 0.25) is 0 Å². The lowest BCUT2D eigenvalue weighted by molar-refractivity contribution is -0.115. The second kappa shape index (κ2) is 2.82. The molecule has 2 heteroatoms. The molecule has 0 aromatic rings. The van der Waals surface area contributed by atoms with E-state index in [2.05, 4.69) is 0 Å². The van der Waals surface area contributed by atoms with E-state index >= 15 is 0 Å². The minimum Gasteiger partial charge on any atom is -0.290 e. The van der Waals surface area contributed by atoms with Crippen LogP contribution in [0.1, 0.15) is 20.3 Å². The number of hydrogen-bond donors (Lipinski definition) is 0. The molecule has 0 saturated carbocycles. The molecule has 0 saturated heterocycles. The van der Waals surface area contributed by atoms with E-state index in [1.165, 1.54) is 12.2 Å². The highest BCUT2D eigenvalue weighted by atomic mass is 16.1. The molecule has 0 bridgehead atoms. The molecule has 1 aliphatic carbocycles. The van der Waals surface area contributed by atoms with Crippen LogP contribution in [0.15, 0.2) is 23.3 Å². The maximum atomic E-state index is 11.1. The first-order chi connectivity index (χ1) is 5.16. The van der Waals surface area contributed by atoms with Crippen molar-refractivity contribution in [3.8, 4) is 0 Å². The number of ketones is 2. The van der Waals surface area contributed by atoms with Gasteiger partial charge in [-0.25, -0.2) is 0 Å². The molecule has 0 atom stereocenters. The zero-order valence-corrected chi connectivity index (χ0v) is 6.68. The topological polar surface area (TPSA) is 34.1 Å². The van der Waals surface area contributed by atoms with Crippen LogP contribution in [-0.2, 0) is 9.59 Å². The molecule has 2 nitrogen and oxygen atoms in total. The lowest BCUT2D eigenvalue weighted by atomic mass is 9.94. The van der Waals surface area contributed by atoms with Crippen molar-refractivity contribution in [1.29, 1.82) is 0 Å². The van der Waals surface area contributed by atoms with Crippen molar-refractivity contribution >= 4 is 11.6 Å². The van der Waals surface area contributed by atoms with Crippen LogP contribution in [0.3, 0.4) is 0 Å². The third-order valence-corrected chi connectivity index (χ3v) is 1.86. The van der Waals surface area contributed by atoms with Crippen LogP contribution in [-0.4, -0.2) is 11.6 Å². The van der Waals surface area contributed by atoms with Gasteiger partial charge in [-0.3, -0.25) is 9.59 Å². The Morgan fingerprint density at radius 3 is 2.18 bits per heavy atom. The quantitative estimate of drug-likeness (QED) is 0.530.